The molecule has 0 amide bonds. The van der Waals surface area contributed by atoms with Crippen LogP contribution in [-0.4, -0.2) is 41.5 Å². The molecule has 0 aliphatic carbocycles. The van der Waals surface area contributed by atoms with E-state index < -0.39 is 11.7 Å². The number of hydrogen-bond donors (Lipinski definition) is 3. The first kappa shape index (κ1) is 21.6. The van der Waals surface area contributed by atoms with Gasteiger partial charge in [0, 0.05) is 37.3 Å². The van der Waals surface area contributed by atoms with E-state index in [4.69, 9.17) is 5.11 Å². The Morgan fingerprint density at radius 3 is 2.77 bits per heavy atom. The summed E-state index contributed by atoms with van der Waals surface area (Å²) in [6.45, 7) is 1.23. The number of halogens is 3. The van der Waals surface area contributed by atoms with Crippen LogP contribution in [0.3, 0.4) is 0 Å². The SMILES string of the molecule is CO.O=Nc1cc(C(F)(F)F)ccc1N1CCCC(Nc2ccc3[nH]ncc3c2)C1. The van der Waals surface area contributed by atoms with Crippen LogP contribution < -0.4 is 10.2 Å². The average Bonchev–Trinajstić information content (AvgIpc) is 3.22. The van der Waals surface area contributed by atoms with Gasteiger partial charge in [-0.3, -0.25) is 5.10 Å². The molecule has 1 fully saturated rings. The zero-order chi connectivity index (χ0) is 21.7. The van der Waals surface area contributed by atoms with Crippen LogP contribution in [0.1, 0.15) is 18.4 Å². The van der Waals surface area contributed by atoms with Crippen LogP contribution in [0.25, 0.3) is 10.9 Å². The van der Waals surface area contributed by atoms with Crippen LogP contribution in [0, 0.1) is 4.91 Å². The first-order chi connectivity index (χ1) is 14.4. The highest BCUT2D eigenvalue weighted by Gasteiger charge is 2.32. The molecule has 0 radical (unpaired) electrons. The van der Waals surface area contributed by atoms with Gasteiger partial charge in [0.15, 0.2) is 0 Å². The number of piperidine rings is 1. The van der Waals surface area contributed by atoms with Crippen LogP contribution in [0.5, 0.6) is 0 Å². The van der Waals surface area contributed by atoms with Gasteiger partial charge in [-0.25, -0.2) is 0 Å². The molecule has 1 unspecified atom stereocenters. The summed E-state index contributed by atoms with van der Waals surface area (Å²) in [4.78, 5) is 13.1. The highest BCUT2D eigenvalue weighted by Crippen LogP contribution is 2.37. The third kappa shape index (κ3) is 4.70. The predicted molar refractivity (Wildman–Crippen MR) is 110 cm³/mol. The second-order valence-electron chi connectivity index (χ2n) is 6.89. The van der Waals surface area contributed by atoms with Crippen molar-refractivity contribution in [3.63, 3.8) is 0 Å². The molecule has 1 aliphatic heterocycles. The summed E-state index contributed by atoms with van der Waals surface area (Å²) in [7, 11) is 1.00. The summed E-state index contributed by atoms with van der Waals surface area (Å²) in [5.41, 5.74) is 1.27. The Morgan fingerprint density at radius 1 is 1.23 bits per heavy atom. The maximum absolute atomic E-state index is 12.9. The van der Waals surface area contributed by atoms with Gasteiger partial charge in [0.2, 0.25) is 0 Å². The van der Waals surface area contributed by atoms with Crippen molar-refractivity contribution < 1.29 is 18.3 Å². The fraction of sp³-hybridized carbons (Fsp3) is 0.350. The van der Waals surface area contributed by atoms with Gasteiger partial charge in [-0.05, 0) is 54.4 Å². The largest absolute Gasteiger partial charge is 0.416 e. The third-order valence-electron chi connectivity index (χ3n) is 4.97. The number of nitrogens with zero attached hydrogens (tertiary/aromatic N) is 3. The molecule has 3 aromatic rings. The highest BCUT2D eigenvalue weighted by atomic mass is 19.4. The minimum atomic E-state index is -4.50. The number of hydrogen-bond acceptors (Lipinski definition) is 6. The lowest BCUT2D eigenvalue weighted by Crippen LogP contribution is -2.42. The number of aromatic nitrogens is 2. The minimum absolute atomic E-state index is 0.0971. The number of anilines is 2. The summed E-state index contributed by atoms with van der Waals surface area (Å²) in [5, 5.41) is 21.2. The molecule has 160 valence electrons. The van der Waals surface area contributed by atoms with Crippen LogP contribution in [0.2, 0.25) is 0 Å². The molecule has 0 spiro atoms. The fourth-order valence-corrected chi connectivity index (χ4v) is 3.62. The van der Waals surface area contributed by atoms with Gasteiger partial charge in [-0.1, -0.05) is 0 Å². The van der Waals surface area contributed by atoms with Gasteiger partial charge in [0.05, 0.1) is 23.0 Å². The number of alkyl halides is 3. The average molecular weight is 421 g/mol. The summed E-state index contributed by atoms with van der Waals surface area (Å²) >= 11 is 0. The van der Waals surface area contributed by atoms with Gasteiger partial charge in [-0.15, -0.1) is 4.91 Å². The second kappa shape index (κ2) is 9.12. The molecule has 4 rings (SSSR count). The van der Waals surface area contributed by atoms with Gasteiger partial charge < -0.3 is 15.3 Å². The lowest BCUT2D eigenvalue weighted by Gasteiger charge is -2.35. The van der Waals surface area contributed by atoms with E-state index in [-0.39, 0.29) is 11.7 Å². The van der Waals surface area contributed by atoms with Crippen molar-refractivity contribution in [2.24, 2.45) is 5.18 Å². The maximum Gasteiger partial charge on any atom is 0.416 e. The molecule has 0 saturated carbocycles. The standard InChI is InChI=1S/C19H18F3N5O.CH4O/c20-19(21,22)13-3-6-18(17(9-13)26-28)27-7-1-2-15(11-27)24-14-4-5-16-12(8-14)10-23-25-16;1-2/h3-6,8-10,15,24H,1-2,7,11H2,(H,23,25);2H,1H3. The fourth-order valence-electron chi connectivity index (χ4n) is 3.62. The Hall–Kier alpha value is -3.14. The monoisotopic (exact) mass is 421 g/mol. The van der Waals surface area contributed by atoms with Crippen molar-refractivity contribution in [3.05, 3.63) is 53.1 Å². The van der Waals surface area contributed by atoms with E-state index in [0.717, 1.165) is 48.7 Å². The number of rotatable bonds is 4. The van der Waals surface area contributed by atoms with E-state index in [1.54, 1.807) is 6.20 Å². The number of fused-ring (bicyclic) bond motifs is 1. The Bertz CT molecular complexity index is 1010. The minimum Gasteiger partial charge on any atom is -0.400 e. The Kier molecular flexibility index (Phi) is 6.56. The van der Waals surface area contributed by atoms with E-state index >= 15 is 0 Å². The van der Waals surface area contributed by atoms with Crippen molar-refractivity contribution >= 4 is 28.0 Å². The van der Waals surface area contributed by atoms with Crippen molar-refractivity contribution in [2.75, 3.05) is 30.4 Å². The molecule has 7 nitrogen and oxygen atoms in total. The van der Waals surface area contributed by atoms with Crippen molar-refractivity contribution in [1.29, 1.82) is 0 Å². The van der Waals surface area contributed by atoms with Crippen molar-refractivity contribution in [1.82, 2.24) is 10.2 Å². The lowest BCUT2D eigenvalue weighted by molar-refractivity contribution is -0.137. The van der Waals surface area contributed by atoms with E-state index in [0.29, 0.717) is 18.8 Å². The quantitative estimate of drug-likeness (QED) is 0.533. The number of aliphatic hydroxyl groups excluding tert-OH is 1. The number of aliphatic hydroxyl groups is 1. The summed E-state index contributed by atoms with van der Waals surface area (Å²) < 4.78 is 38.7. The summed E-state index contributed by atoms with van der Waals surface area (Å²) in [5.74, 6) is 0. The zero-order valence-electron chi connectivity index (χ0n) is 16.3. The molecule has 3 N–H and O–H groups in total. The maximum atomic E-state index is 12.9. The molecule has 2 heterocycles. The highest BCUT2D eigenvalue weighted by molar-refractivity contribution is 5.81. The van der Waals surface area contributed by atoms with Crippen LogP contribution in [0.15, 0.2) is 47.8 Å². The van der Waals surface area contributed by atoms with Crippen LogP contribution in [-0.2, 0) is 6.18 Å². The number of H-pyrrole nitrogens is 1. The summed E-state index contributed by atoms with van der Waals surface area (Å²) in [6.07, 6.45) is -0.983. The van der Waals surface area contributed by atoms with Crippen LogP contribution >= 0.6 is 0 Å². The van der Waals surface area contributed by atoms with E-state index in [1.165, 1.54) is 6.07 Å². The van der Waals surface area contributed by atoms with E-state index in [1.807, 2.05) is 23.1 Å². The number of nitrogens with one attached hydrogen (secondary N) is 2. The molecule has 1 atom stereocenters. The molecule has 0 bridgehead atoms. The van der Waals surface area contributed by atoms with Gasteiger partial charge in [-0.2, -0.15) is 18.3 Å². The molecule has 1 aliphatic rings. The molecule has 1 saturated heterocycles. The molecule has 10 heteroatoms. The third-order valence-corrected chi connectivity index (χ3v) is 4.97. The normalized spacial score (nSPS) is 16.7. The van der Waals surface area contributed by atoms with Gasteiger partial charge in [0.1, 0.15) is 5.69 Å². The molecular weight excluding hydrogens is 399 g/mol. The van der Waals surface area contributed by atoms with E-state index in [2.05, 4.69) is 20.7 Å². The van der Waals surface area contributed by atoms with Crippen molar-refractivity contribution in [3.8, 4) is 0 Å². The number of nitroso groups, excluding NO2 is 1. The zero-order valence-corrected chi connectivity index (χ0v) is 16.3. The van der Waals surface area contributed by atoms with Gasteiger partial charge >= 0.3 is 6.18 Å². The Balaban J connectivity index is 0.00000124. The Labute approximate surface area is 170 Å². The Morgan fingerprint density at radius 2 is 2.03 bits per heavy atom. The topological polar surface area (TPSA) is 93.6 Å². The van der Waals surface area contributed by atoms with Crippen LogP contribution in [0.4, 0.5) is 30.2 Å². The predicted octanol–water partition coefficient (Wildman–Crippen LogP) is 4.67. The first-order valence-electron chi connectivity index (χ1n) is 9.38. The molecule has 1 aromatic heterocycles. The number of aromatic amines is 1. The second-order valence-corrected chi connectivity index (χ2v) is 6.89. The summed E-state index contributed by atoms with van der Waals surface area (Å²) in [6, 6.07) is 9.12. The lowest BCUT2D eigenvalue weighted by atomic mass is 10.0. The smallest absolute Gasteiger partial charge is 0.400 e. The van der Waals surface area contributed by atoms with E-state index in [9.17, 15) is 18.1 Å². The first-order valence-corrected chi connectivity index (χ1v) is 9.38. The molecule has 2 aromatic carbocycles. The van der Waals surface area contributed by atoms with Crippen molar-refractivity contribution in [2.45, 2.75) is 25.1 Å². The number of benzene rings is 2. The van der Waals surface area contributed by atoms with Gasteiger partial charge in [0.25, 0.3) is 0 Å². The molecular formula is C20H22F3N5O2. The molecule has 30 heavy (non-hydrogen) atoms.